The Balaban J connectivity index is 2.93. The molecule has 1 rings (SSSR count). The Morgan fingerprint density at radius 2 is 1.86 bits per heavy atom. The fourth-order valence-electron chi connectivity index (χ4n) is 1.72. The van der Waals surface area contributed by atoms with Crippen molar-refractivity contribution in [2.24, 2.45) is 0 Å². The third-order valence-corrected chi connectivity index (χ3v) is 2.63. The Labute approximate surface area is 130 Å². The molecule has 0 radical (unpaired) electrons. The number of carbonyl (C=O) groups excluding carboxylic acids is 1. The van der Waals surface area contributed by atoms with Crippen molar-refractivity contribution in [3.05, 3.63) is 23.8 Å². The largest absolute Gasteiger partial charge is 0.493 e. The van der Waals surface area contributed by atoms with Crippen LogP contribution in [0.25, 0.3) is 0 Å². The zero-order valence-corrected chi connectivity index (χ0v) is 13.5. The first-order valence-corrected chi connectivity index (χ1v) is 6.77. The van der Waals surface area contributed by atoms with Gasteiger partial charge in [-0.1, -0.05) is 11.3 Å². The van der Waals surface area contributed by atoms with Crippen LogP contribution in [-0.4, -0.2) is 43.2 Å². The van der Waals surface area contributed by atoms with Crippen LogP contribution in [0.2, 0.25) is 0 Å². The molecule has 1 atom stereocenters. The minimum Gasteiger partial charge on any atom is -0.493 e. The quantitative estimate of drug-likeness (QED) is 0.583. The lowest BCUT2D eigenvalue weighted by atomic mass is 10.1. The molecule has 1 N–H and O–H groups in total. The van der Waals surface area contributed by atoms with Gasteiger partial charge in [0, 0.05) is 0 Å². The van der Waals surface area contributed by atoms with Gasteiger partial charge in [-0.3, -0.25) is 4.79 Å². The van der Waals surface area contributed by atoms with Crippen molar-refractivity contribution < 1.29 is 29.0 Å². The van der Waals surface area contributed by atoms with Crippen molar-refractivity contribution in [1.29, 1.82) is 0 Å². The maximum atomic E-state index is 11.0. The van der Waals surface area contributed by atoms with Crippen LogP contribution < -0.4 is 9.47 Å². The first-order valence-electron chi connectivity index (χ1n) is 6.77. The van der Waals surface area contributed by atoms with Gasteiger partial charge in [0.2, 0.25) is 0 Å². The summed E-state index contributed by atoms with van der Waals surface area (Å²) in [4.78, 5) is 21.7. The Kier molecular flexibility index (Phi) is 6.61. The predicted molar refractivity (Wildman–Crippen MR) is 79.2 cm³/mol. The number of aliphatic hydroxyl groups excluding tert-OH is 1. The number of aliphatic hydroxyl groups is 1. The highest BCUT2D eigenvalue weighted by atomic mass is 17.0. The molecule has 1 aromatic rings. The minimum absolute atomic E-state index is 0.340. The van der Waals surface area contributed by atoms with Gasteiger partial charge in [0.1, 0.15) is 6.10 Å². The van der Waals surface area contributed by atoms with Crippen molar-refractivity contribution in [2.45, 2.75) is 32.5 Å². The molecule has 7 nitrogen and oxygen atoms in total. The molecular formula is C15H23NO6. The molecule has 7 heteroatoms. The van der Waals surface area contributed by atoms with Crippen LogP contribution in [-0.2, 0) is 14.5 Å². The summed E-state index contributed by atoms with van der Waals surface area (Å²) in [6.45, 7) is 4.99. The van der Waals surface area contributed by atoms with Crippen molar-refractivity contribution in [3.8, 4) is 11.5 Å². The van der Waals surface area contributed by atoms with Crippen molar-refractivity contribution in [3.63, 3.8) is 0 Å². The fraction of sp³-hybridized carbons (Fsp3) is 0.533. The van der Waals surface area contributed by atoms with E-state index in [0.29, 0.717) is 28.7 Å². The summed E-state index contributed by atoms with van der Waals surface area (Å²) >= 11 is 0. The van der Waals surface area contributed by atoms with E-state index >= 15 is 0 Å². The third kappa shape index (κ3) is 5.18. The van der Waals surface area contributed by atoms with E-state index in [9.17, 15) is 9.90 Å². The van der Waals surface area contributed by atoms with Crippen LogP contribution >= 0.6 is 0 Å². The van der Waals surface area contributed by atoms with E-state index in [1.54, 1.807) is 39.0 Å². The molecule has 1 amide bonds. The first-order chi connectivity index (χ1) is 10.3. The van der Waals surface area contributed by atoms with Gasteiger partial charge in [0.15, 0.2) is 11.5 Å². The van der Waals surface area contributed by atoms with E-state index < -0.39 is 11.7 Å². The molecule has 0 bridgehead atoms. The number of amides is 1. The molecule has 0 fully saturated rings. The summed E-state index contributed by atoms with van der Waals surface area (Å²) in [5, 5.41) is 10.2. The topological polar surface area (TPSA) is 77.5 Å². The van der Waals surface area contributed by atoms with E-state index in [0.717, 1.165) is 0 Å². The smallest absolute Gasteiger partial charge is 0.261 e. The van der Waals surface area contributed by atoms with Gasteiger partial charge in [0.05, 0.1) is 26.4 Å². The van der Waals surface area contributed by atoms with Crippen LogP contribution in [0.3, 0.4) is 0 Å². The van der Waals surface area contributed by atoms with Crippen LogP contribution in [0.1, 0.15) is 32.4 Å². The normalized spacial score (nSPS) is 12.6. The standard InChI is InChI=1S/C15H23NO6/c1-15(2,3)22-16(10-18)21-14(9-17)11-6-7-12(19-4)13(8-11)20-5/h6-8,10,14,17H,9H2,1-5H3. The number of carbonyl (C=O) groups is 1. The van der Waals surface area contributed by atoms with Gasteiger partial charge in [0.25, 0.3) is 6.41 Å². The van der Waals surface area contributed by atoms with Gasteiger partial charge in [-0.25, -0.2) is 9.68 Å². The number of rotatable bonds is 8. The highest BCUT2D eigenvalue weighted by molar-refractivity contribution is 5.44. The lowest BCUT2D eigenvalue weighted by Gasteiger charge is -2.28. The summed E-state index contributed by atoms with van der Waals surface area (Å²) in [5.41, 5.74) is 0.00270. The predicted octanol–water partition coefficient (Wildman–Crippen LogP) is 1.86. The summed E-state index contributed by atoms with van der Waals surface area (Å²) in [7, 11) is 3.04. The zero-order valence-electron chi connectivity index (χ0n) is 13.5. The Hall–Kier alpha value is -1.83. The monoisotopic (exact) mass is 313 g/mol. The molecule has 0 saturated carbocycles. The van der Waals surface area contributed by atoms with E-state index in [-0.39, 0.29) is 6.61 Å². The summed E-state index contributed by atoms with van der Waals surface area (Å²) in [6.07, 6.45) is -0.387. The zero-order chi connectivity index (χ0) is 16.8. The summed E-state index contributed by atoms with van der Waals surface area (Å²) < 4.78 is 10.4. The molecule has 0 aromatic heterocycles. The van der Waals surface area contributed by atoms with Crippen molar-refractivity contribution in [1.82, 2.24) is 5.23 Å². The summed E-state index contributed by atoms with van der Waals surface area (Å²) in [5.74, 6) is 1.05. The highest BCUT2D eigenvalue weighted by Gasteiger charge is 2.22. The van der Waals surface area contributed by atoms with Crippen molar-refractivity contribution >= 4 is 6.41 Å². The summed E-state index contributed by atoms with van der Waals surface area (Å²) in [6, 6.07) is 5.07. The molecule has 0 spiro atoms. The molecule has 0 aliphatic heterocycles. The second-order valence-corrected chi connectivity index (χ2v) is 5.49. The fourth-order valence-corrected chi connectivity index (χ4v) is 1.72. The van der Waals surface area contributed by atoms with Gasteiger partial charge in [-0.15, -0.1) is 0 Å². The van der Waals surface area contributed by atoms with Crippen LogP contribution in [0.15, 0.2) is 18.2 Å². The Morgan fingerprint density at radius 3 is 2.32 bits per heavy atom. The lowest BCUT2D eigenvalue weighted by molar-refractivity contribution is -0.386. The van der Waals surface area contributed by atoms with E-state index in [1.807, 2.05) is 0 Å². The van der Waals surface area contributed by atoms with E-state index in [1.165, 1.54) is 14.2 Å². The number of hydrogen-bond donors (Lipinski definition) is 1. The Bertz CT molecular complexity index is 485. The van der Waals surface area contributed by atoms with Gasteiger partial charge in [-0.05, 0) is 38.5 Å². The number of hydroxylamine groups is 2. The van der Waals surface area contributed by atoms with Crippen LogP contribution in [0.5, 0.6) is 11.5 Å². The number of hydrogen-bond acceptors (Lipinski definition) is 6. The molecule has 0 aliphatic rings. The molecule has 1 aromatic carbocycles. The average Bonchev–Trinajstić information content (AvgIpc) is 2.49. The molecule has 0 aliphatic carbocycles. The molecule has 0 heterocycles. The molecular weight excluding hydrogens is 290 g/mol. The first kappa shape index (κ1) is 18.2. The van der Waals surface area contributed by atoms with Crippen LogP contribution in [0, 0.1) is 0 Å². The van der Waals surface area contributed by atoms with E-state index in [4.69, 9.17) is 19.1 Å². The molecule has 22 heavy (non-hydrogen) atoms. The second-order valence-electron chi connectivity index (χ2n) is 5.49. The number of benzene rings is 1. The third-order valence-electron chi connectivity index (χ3n) is 2.63. The van der Waals surface area contributed by atoms with Gasteiger partial charge >= 0.3 is 0 Å². The maximum Gasteiger partial charge on any atom is 0.261 e. The number of nitrogens with zero attached hydrogens (tertiary/aromatic N) is 1. The molecule has 124 valence electrons. The van der Waals surface area contributed by atoms with Crippen molar-refractivity contribution in [2.75, 3.05) is 20.8 Å². The van der Waals surface area contributed by atoms with Gasteiger partial charge < -0.3 is 14.6 Å². The van der Waals surface area contributed by atoms with Gasteiger partial charge in [-0.2, -0.15) is 0 Å². The number of methoxy groups -OCH3 is 2. The minimum atomic E-state index is -0.785. The SMILES string of the molecule is COc1ccc(C(CO)ON(C=O)OC(C)(C)C)cc1OC. The Morgan fingerprint density at radius 1 is 1.23 bits per heavy atom. The van der Waals surface area contributed by atoms with E-state index in [2.05, 4.69) is 0 Å². The number of ether oxygens (including phenoxy) is 2. The lowest BCUT2D eigenvalue weighted by Crippen LogP contribution is -2.34. The highest BCUT2D eigenvalue weighted by Crippen LogP contribution is 2.31. The van der Waals surface area contributed by atoms with Crippen LogP contribution in [0.4, 0.5) is 0 Å². The molecule has 0 saturated heterocycles. The molecule has 1 unspecified atom stereocenters. The second kappa shape index (κ2) is 7.98. The maximum absolute atomic E-state index is 11.0. The average molecular weight is 313 g/mol.